The zero-order chi connectivity index (χ0) is 18.9. The van der Waals surface area contributed by atoms with Gasteiger partial charge in [-0.3, -0.25) is 4.79 Å². The first-order valence-electron chi connectivity index (χ1n) is 8.28. The molecule has 4 nitrogen and oxygen atoms in total. The second-order valence-corrected chi connectivity index (χ2v) is 6.33. The van der Waals surface area contributed by atoms with Crippen LogP contribution in [0.4, 0.5) is 24.5 Å². The molecule has 1 N–H and O–H groups in total. The molecule has 2 aromatic rings. The molecule has 7 heteroatoms. The SMILES string of the molecule is CC(Nc1cccc(OC(F)(F)F)c1)C(=O)N1c2ccccc2CC1C. The molecule has 0 radical (unpaired) electrons. The summed E-state index contributed by atoms with van der Waals surface area (Å²) in [6.45, 7) is 3.66. The van der Waals surface area contributed by atoms with Crippen molar-refractivity contribution in [3.8, 4) is 5.75 Å². The molecular weight excluding hydrogens is 345 g/mol. The zero-order valence-corrected chi connectivity index (χ0v) is 14.4. The van der Waals surface area contributed by atoms with Gasteiger partial charge in [0.2, 0.25) is 5.91 Å². The van der Waals surface area contributed by atoms with Gasteiger partial charge in [0.05, 0.1) is 0 Å². The number of para-hydroxylation sites is 1. The molecule has 2 aromatic carbocycles. The number of rotatable bonds is 4. The monoisotopic (exact) mass is 364 g/mol. The van der Waals surface area contributed by atoms with E-state index >= 15 is 0 Å². The van der Waals surface area contributed by atoms with Crippen molar-refractivity contribution >= 4 is 17.3 Å². The summed E-state index contributed by atoms with van der Waals surface area (Å²) in [4.78, 5) is 14.6. The van der Waals surface area contributed by atoms with E-state index in [0.717, 1.165) is 17.7 Å². The minimum absolute atomic E-state index is 0.0315. The van der Waals surface area contributed by atoms with Crippen LogP contribution in [0.5, 0.6) is 5.75 Å². The van der Waals surface area contributed by atoms with Gasteiger partial charge >= 0.3 is 6.36 Å². The van der Waals surface area contributed by atoms with E-state index in [1.807, 2.05) is 31.2 Å². The number of carbonyl (C=O) groups is 1. The Morgan fingerprint density at radius 2 is 1.96 bits per heavy atom. The van der Waals surface area contributed by atoms with Gasteiger partial charge in [0.25, 0.3) is 0 Å². The highest BCUT2D eigenvalue weighted by molar-refractivity contribution is 6.00. The van der Waals surface area contributed by atoms with Crippen molar-refractivity contribution in [2.24, 2.45) is 0 Å². The summed E-state index contributed by atoms with van der Waals surface area (Å²) >= 11 is 0. The summed E-state index contributed by atoms with van der Waals surface area (Å²) in [6.07, 6.45) is -3.97. The van der Waals surface area contributed by atoms with E-state index in [0.29, 0.717) is 5.69 Å². The molecule has 0 saturated heterocycles. The Labute approximate surface area is 149 Å². The quantitative estimate of drug-likeness (QED) is 0.876. The molecule has 1 amide bonds. The van der Waals surface area contributed by atoms with Gasteiger partial charge in [-0.05, 0) is 44.0 Å². The van der Waals surface area contributed by atoms with Crippen LogP contribution in [0.15, 0.2) is 48.5 Å². The van der Waals surface area contributed by atoms with Gasteiger partial charge in [0.1, 0.15) is 11.8 Å². The standard InChI is InChI=1S/C19H19F3N2O2/c1-12-10-14-6-3-4-9-17(14)24(12)18(25)13(2)23-15-7-5-8-16(11-15)26-19(20,21)22/h3-9,11-13,23H,10H2,1-2H3. The summed E-state index contributed by atoms with van der Waals surface area (Å²) in [6, 6.07) is 12.6. The Morgan fingerprint density at radius 1 is 1.23 bits per heavy atom. The van der Waals surface area contributed by atoms with E-state index in [-0.39, 0.29) is 17.7 Å². The van der Waals surface area contributed by atoms with Crippen LogP contribution in [0.2, 0.25) is 0 Å². The van der Waals surface area contributed by atoms with Crippen molar-refractivity contribution in [2.45, 2.75) is 38.7 Å². The first-order chi connectivity index (χ1) is 12.2. The topological polar surface area (TPSA) is 41.6 Å². The number of amides is 1. The van der Waals surface area contributed by atoms with Crippen molar-refractivity contribution in [1.82, 2.24) is 0 Å². The fourth-order valence-corrected chi connectivity index (χ4v) is 3.20. The number of benzene rings is 2. The average Bonchev–Trinajstić information content (AvgIpc) is 2.88. The maximum absolute atomic E-state index is 12.9. The van der Waals surface area contributed by atoms with Crippen LogP contribution >= 0.6 is 0 Å². The van der Waals surface area contributed by atoms with Crippen molar-refractivity contribution < 1.29 is 22.7 Å². The van der Waals surface area contributed by atoms with E-state index < -0.39 is 12.4 Å². The van der Waals surface area contributed by atoms with Crippen LogP contribution in [0, 0.1) is 0 Å². The van der Waals surface area contributed by atoms with Gasteiger partial charge in [-0.15, -0.1) is 13.2 Å². The number of nitrogens with zero attached hydrogens (tertiary/aromatic N) is 1. The Balaban J connectivity index is 1.73. The van der Waals surface area contributed by atoms with Crippen molar-refractivity contribution in [2.75, 3.05) is 10.2 Å². The first kappa shape index (κ1) is 18.1. The summed E-state index contributed by atoms with van der Waals surface area (Å²) in [5.74, 6) is -0.466. The molecule has 2 atom stereocenters. The molecule has 0 aromatic heterocycles. The van der Waals surface area contributed by atoms with Crippen LogP contribution < -0.4 is 15.0 Å². The van der Waals surface area contributed by atoms with Gasteiger partial charge < -0.3 is 15.0 Å². The molecule has 2 unspecified atom stereocenters. The number of nitrogens with one attached hydrogen (secondary N) is 1. The number of ether oxygens (including phenoxy) is 1. The van der Waals surface area contributed by atoms with E-state index in [4.69, 9.17) is 0 Å². The molecular formula is C19H19F3N2O2. The van der Waals surface area contributed by atoms with Crippen LogP contribution in [-0.4, -0.2) is 24.4 Å². The molecule has 0 bridgehead atoms. The van der Waals surface area contributed by atoms with Crippen LogP contribution in [0.1, 0.15) is 19.4 Å². The maximum atomic E-state index is 12.9. The predicted octanol–water partition coefficient (Wildman–Crippen LogP) is 4.36. The first-order valence-corrected chi connectivity index (χ1v) is 8.28. The van der Waals surface area contributed by atoms with Crippen LogP contribution in [0.25, 0.3) is 0 Å². The van der Waals surface area contributed by atoms with Crippen molar-refractivity contribution in [1.29, 1.82) is 0 Å². The number of fused-ring (bicyclic) bond motifs is 1. The van der Waals surface area contributed by atoms with Gasteiger partial charge in [-0.2, -0.15) is 0 Å². The van der Waals surface area contributed by atoms with E-state index in [9.17, 15) is 18.0 Å². The molecule has 1 aliphatic rings. The lowest BCUT2D eigenvalue weighted by Gasteiger charge is -2.27. The molecule has 1 heterocycles. The number of halogens is 3. The highest BCUT2D eigenvalue weighted by Gasteiger charge is 2.33. The average molecular weight is 364 g/mol. The van der Waals surface area contributed by atoms with Gasteiger partial charge in [-0.25, -0.2) is 0 Å². The van der Waals surface area contributed by atoms with E-state index in [1.54, 1.807) is 17.9 Å². The summed E-state index contributed by atoms with van der Waals surface area (Å²) in [5, 5.41) is 2.96. The van der Waals surface area contributed by atoms with Crippen molar-refractivity contribution in [3.05, 3.63) is 54.1 Å². The number of hydrogen-bond acceptors (Lipinski definition) is 3. The fraction of sp³-hybridized carbons (Fsp3) is 0.316. The Morgan fingerprint density at radius 3 is 2.69 bits per heavy atom. The van der Waals surface area contributed by atoms with E-state index in [1.165, 1.54) is 18.2 Å². The largest absolute Gasteiger partial charge is 0.573 e. The number of hydrogen-bond donors (Lipinski definition) is 1. The third-order valence-electron chi connectivity index (χ3n) is 4.27. The molecule has 1 aliphatic heterocycles. The molecule has 0 aliphatic carbocycles. The summed E-state index contributed by atoms with van der Waals surface area (Å²) in [5.41, 5.74) is 2.38. The number of alkyl halides is 3. The van der Waals surface area contributed by atoms with E-state index in [2.05, 4.69) is 10.1 Å². The second kappa shape index (κ2) is 6.90. The Bertz CT molecular complexity index is 807. The Kier molecular flexibility index (Phi) is 4.80. The molecule has 0 fully saturated rings. The lowest BCUT2D eigenvalue weighted by Crippen LogP contribution is -2.44. The fourth-order valence-electron chi connectivity index (χ4n) is 3.20. The summed E-state index contributed by atoms with van der Waals surface area (Å²) in [7, 11) is 0. The van der Waals surface area contributed by atoms with Crippen molar-refractivity contribution in [3.63, 3.8) is 0 Å². The van der Waals surface area contributed by atoms with Gasteiger partial charge in [0.15, 0.2) is 0 Å². The zero-order valence-electron chi connectivity index (χ0n) is 14.4. The second-order valence-electron chi connectivity index (χ2n) is 6.33. The number of anilines is 2. The number of carbonyl (C=O) groups excluding carboxylic acids is 1. The third-order valence-corrected chi connectivity index (χ3v) is 4.27. The highest BCUT2D eigenvalue weighted by Crippen LogP contribution is 2.32. The molecule has 138 valence electrons. The van der Waals surface area contributed by atoms with Gasteiger partial charge in [0, 0.05) is 23.5 Å². The lowest BCUT2D eigenvalue weighted by atomic mass is 10.1. The molecule has 0 saturated carbocycles. The maximum Gasteiger partial charge on any atom is 0.573 e. The predicted molar refractivity (Wildman–Crippen MR) is 93.3 cm³/mol. The third kappa shape index (κ3) is 3.92. The smallest absolute Gasteiger partial charge is 0.406 e. The summed E-state index contributed by atoms with van der Waals surface area (Å²) < 4.78 is 41.0. The van der Waals surface area contributed by atoms with Gasteiger partial charge in [-0.1, -0.05) is 24.3 Å². The van der Waals surface area contributed by atoms with Crippen LogP contribution in [0.3, 0.4) is 0 Å². The Hall–Kier alpha value is -2.70. The molecule has 0 spiro atoms. The normalized spacial score (nSPS) is 17.6. The molecule has 3 rings (SSSR count). The van der Waals surface area contributed by atoms with Crippen LogP contribution in [-0.2, 0) is 11.2 Å². The minimum Gasteiger partial charge on any atom is -0.406 e. The molecule has 26 heavy (non-hydrogen) atoms. The minimum atomic E-state index is -4.76. The highest BCUT2D eigenvalue weighted by atomic mass is 19.4. The lowest BCUT2D eigenvalue weighted by molar-refractivity contribution is -0.274.